The number of phenolic OH excluding ortho intramolecular Hbond substituents is 1. The molecule has 0 aliphatic rings. The van der Waals surface area contributed by atoms with E-state index in [1.165, 1.54) is 6.20 Å². The Morgan fingerprint density at radius 3 is 2.86 bits per heavy atom. The number of hydrogen-bond donors (Lipinski definition) is 2. The minimum atomic E-state index is 0.114. The second kappa shape index (κ2) is 4.41. The lowest BCUT2D eigenvalue weighted by Gasteiger charge is -2.04. The van der Waals surface area contributed by atoms with Crippen LogP contribution in [0.3, 0.4) is 0 Å². The Kier molecular flexibility index (Phi) is 2.43. The van der Waals surface area contributed by atoms with Crippen LogP contribution in [-0.2, 0) is 0 Å². The summed E-state index contributed by atoms with van der Waals surface area (Å²) >= 11 is 0. The van der Waals surface area contributed by atoms with Gasteiger partial charge in [-0.2, -0.15) is 20.4 Å². The van der Waals surface area contributed by atoms with Crippen molar-refractivity contribution in [3.63, 3.8) is 0 Å². The Morgan fingerprint density at radius 2 is 2.00 bits per heavy atom. The zero-order chi connectivity index (χ0) is 14.2. The van der Waals surface area contributed by atoms with Crippen LogP contribution in [0, 0.1) is 0 Å². The monoisotopic (exact) mass is 279 g/mol. The maximum Gasteiger partial charge on any atom is 0.262 e. The van der Waals surface area contributed by atoms with Crippen molar-refractivity contribution in [2.75, 3.05) is 0 Å². The fourth-order valence-electron chi connectivity index (χ4n) is 2.17. The first kappa shape index (κ1) is 11.6. The van der Waals surface area contributed by atoms with Gasteiger partial charge in [-0.3, -0.25) is 0 Å². The highest BCUT2D eigenvalue weighted by atomic mass is 16.5. The predicted octanol–water partition coefficient (Wildman–Crippen LogP) is 2.38. The Labute approximate surface area is 118 Å². The summed E-state index contributed by atoms with van der Waals surface area (Å²) in [5, 5.41) is 25.9. The number of aromatic amines is 1. The summed E-state index contributed by atoms with van der Waals surface area (Å²) in [5.74, 6) is 0.658. The number of hydrogen-bond acceptors (Lipinski definition) is 6. The van der Waals surface area contributed by atoms with Crippen molar-refractivity contribution in [3.05, 3.63) is 42.6 Å². The SMILES string of the molecule is Oc1c(-c2nc(-c3cn[nH]n3)no2)ccc2ccccc12. The fraction of sp³-hybridized carbons (Fsp3) is 0. The standard InChI is InChI=1S/C14H9N5O2/c20-12-9-4-2-1-3-8(9)5-6-10(12)14-16-13(18-21-14)11-7-15-19-17-11/h1-7,20H,(H,15,17,19). The van der Waals surface area contributed by atoms with Gasteiger partial charge in [0.1, 0.15) is 5.75 Å². The van der Waals surface area contributed by atoms with E-state index in [0.717, 1.165) is 10.8 Å². The van der Waals surface area contributed by atoms with Crippen LogP contribution >= 0.6 is 0 Å². The number of nitrogens with one attached hydrogen (secondary N) is 1. The molecule has 0 amide bonds. The van der Waals surface area contributed by atoms with Gasteiger partial charge in [0, 0.05) is 5.39 Å². The van der Waals surface area contributed by atoms with Crippen LogP contribution in [0.1, 0.15) is 0 Å². The molecule has 0 aliphatic heterocycles. The quantitative estimate of drug-likeness (QED) is 0.584. The number of aromatic hydroxyl groups is 1. The minimum absolute atomic E-state index is 0.114. The average Bonchev–Trinajstić information content (AvgIpc) is 3.19. The zero-order valence-electron chi connectivity index (χ0n) is 10.7. The summed E-state index contributed by atoms with van der Waals surface area (Å²) in [5.41, 5.74) is 0.959. The molecule has 0 spiro atoms. The molecule has 0 atom stereocenters. The normalized spacial score (nSPS) is 11.0. The molecular weight excluding hydrogens is 270 g/mol. The van der Waals surface area contributed by atoms with Gasteiger partial charge in [0.2, 0.25) is 5.82 Å². The van der Waals surface area contributed by atoms with Crippen LogP contribution in [0.15, 0.2) is 47.1 Å². The maximum absolute atomic E-state index is 10.4. The largest absolute Gasteiger partial charge is 0.506 e. The Hall–Kier alpha value is -3.22. The summed E-state index contributed by atoms with van der Waals surface area (Å²) < 4.78 is 5.20. The second-order valence-electron chi connectivity index (χ2n) is 4.46. The summed E-state index contributed by atoms with van der Waals surface area (Å²) in [6, 6.07) is 11.2. The third kappa shape index (κ3) is 1.83. The molecule has 2 aromatic carbocycles. The van der Waals surface area contributed by atoms with Gasteiger partial charge in [-0.15, -0.1) is 0 Å². The molecule has 2 heterocycles. The van der Waals surface area contributed by atoms with Gasteiger partial charge in [0.15, 0.2) is 5.69 Å². The molecule has 2 aromatic heterocycles. The van der Waals surface area contributed by atoms with Gasteiger partial charge in [0.05, 0.1) is 11.8 Å². The summed E-state index contributed by atoms with van der Waals surface area (Å²) in [6.45, 7) is 0. The highest BCUT2D eigenvalue weighted by Crippen LogP contribution is 2.35. The van der Waals surface area contributed by atoms with E-state index in [4.69, 9.17) is 4.52 Å². The molecule has 2 N–H and O–H groups in total. The molecule has 4 aromatic rings. The summed E-state index contributed by atoms with van der Waals surface area (Å²) in [6.07, 6.45) is 1.49. The van der Waals surface area contributed by atoms with Crippen molar-refractivity contribution in [1.82, 2.24) is 25.6 Å². The van der Waals surface area contributed by atoms with Gasteiger partial charge in [-0.25, -0.2) is 0 Å². The van der Waals surface area contributed by atoms with Crippen LogP contribution < -0.4 is 0 Å². The van der Waals surface area contributed by atoms with Crippen LogP contribution in [0.2, 0.25) is 0 Å². The first-order chi connectivity index (χ1) is 10.3. The first-order valence-corrected chi connectivity index (χ1v) is 6.24. The van der Waals surface area contributed by atoms with Crippen LogP contribution in [-0.4, -0.2) is 30.7 Å². The lowest BCUT2D eigenvalue weighted by atomic mass is 10.1. The summed E-state index contributed by atoms with van der Waals surface area (Å²) in [4.78, 5) is 4.23. The Balaban J connectivity index is 1.85. The molecule has 0 fully saturated rings. The minimum Gasteiger partial charge on any atom is -0.506 e. The van der Waals surface area contributed by atoms with E-state index >= 15 is 0 Å². The number of aromatic nitrogens is 5. The zero-order valence-corrected chi connectivity index (χ0v) is 10.7. The van der Waals surface area contributed by atoms with Crippen LogP contribution in [0.25, 0.3) is 33.7 Å². The van der Waals surface area contributed by atoms with Gasteiger partial charge in [-0.1, -0.05) is 35.5 Å². The Morgan fingerprint density at radius 1 is 1.10 bits per heavy atom. The smallest absolute Gasteiger partial charge is 0.262 e. The number of H-pyrrole nitrogens is 1. The van der Waals surface area contributed by atoms with E-state index in [2.05, 4.69) is 25.6 Å². The van der Waals surface area contributed by atoms with Gasteiger partial charge < -0.3 is 9.63 Å². The number of benzene rings is 2. The van der Waals surface area contributed by atoms with Gasteiger partial charge >= 0.3 is 0 Å². The van der Waals surface area contributed by atoms with Crippen molar-refractivity contribution in [1.29, 1.82) is 0 Å². The predicted molar refractivity (Wildman–Crippen MR) is 74.3 cm³/mol. The highest BCUT2D eigenvalue weighted by Gasteiger charge is 2.16. The lowest BCUT2D eigenvalue weighted by Crippen LogP contribution is -1.83. The van der Waals surface area contributed by atoms with E-state index in [-0.39, 0.29) is 11.6 Å². The van der Waals surface area contributed by atoms with E-state index < -0.39 is 0 Å². The molecule has 0 bridgehead atoms. The van der Waals surface area contributed by atoms with Crippen molar-refractivity contribution < 1.29 is 9.63 Å². The lowest BCUT2D eigenvalue weighted by molar-refractivity contribution is 0.426. The van der Waals surface area contributed by atoms with Crippen LogP contribution in [0.5, 0.6) is 5.75 Å². The molecule has 0 aliphatic carbocycles. The third-order valence-electron chi connectivity index (χ3n) is 3.20. The fourth-order valence-corrected chi connectivity index (χ4v) is 2.17. The molecule has 7 nitrogen and oxygen atoms in total. The molecule has 0 saturated carbocycles. The second-order valence-corrected chi connectivity index (χ2v) is 4.46. The van der Waals surface area contributed by atoms with Crippen molar-refractivity contribution >= 4 is 10.8 Å². The molecule has 4 rings (SSSR count). The Bertz CT molecular complexity index is 914. The third-order valence-corrected chi connectivity index (χ3v) is 3.20. The van der Waals surface area contributed by atoms with E-state index in [1.54, 1.807) is 6.07 Å². The van der Waals surface area contributed by atoms with Crippen LogP contribution in [0.4, 0.5) is 0 Å². The molecule has 102 valence electrons. The number of phenols is 1. The highest BCUT2D eigenvalue weighted by molar-refractivity contribution is 5.93. The van der Waals surface area contributed by atoms with Gasteiger partial charge in [0.25, 0.3) is 5.89 Å². The van der Waals surface area contributed by atoms with E-state index in [9.17, 15) is 5.11 Å². The van der Waals surface area contributed by atoms with Crippen molar-refractivity contribution in [3.8, 4) is 28.7 Å². The molecule has 0 radical (unpaired) electrons. The van der Waals surface area contributed by atoms with Crippen molar-refractivity contribution in [2.45, 2.75) is 0 Å². The summed E-state index contributed by atoms with van der Waals surface area (Å²) in [7, 11) is 0. The molecule has 7 heteroatoms. The average molecular weight is 279 g/mol. The number of fused-ring (bicyclic) bond motifs is 1. The topological polar surface area (TPSA) is 101 Å². The molecule has 0 saturated heterocycles. The van der Waals surface area contributed by atoms with E-state index in [1.807, 2.05) is 30.3 Å². The molecule has 0 unspecified atom stereocenters. The van der Waals surface area contributed by atoms with Gasteiger partial charge in [-0.05, 0) is 11.5 Å². The molecule has 21 heavy (non-hydrogen) atoms. The number of nitrogens with zero attached hydrogens (tertiary/aromatic N) is 4. The van der Waals surface area contributed by atoms with E-state index in [0.29, 0.717) is 17.1 Å². The first-order valence-electron chi connectivity index (χ1n) is 6.24. The maximum atomic E-state index is 10.4. The number of rotatable bonds is 2. The van der Waals surface area contributed by atoms with Crippen molar-refractivity contribution in [2.24, 2.45) is 0 Å². The molecular formula is C14H9N5O2.